The van der Waals surface area contributed by atoms with Gasteiger partial charge in [-0.25, -0.2) is 4.98 Å². The zero-order valence-electron chi connectivity index (χ0n) is 10.3. The Morgan fingerprint density at radius 2 is 2.00 bits per heavy atom. The van der Waals surface area contributed by atoms with Crippen molar-refractivity contribution >= 4 is 22.6 Å². The topological polar surface area (TPSA) is 39.9 Å². The summed E-state index contributed by atoms with van der Waals surface area (Å²) in [6.45, 7) is 1.69. The maximum absolute atomic E-state index is 5.02. The highest BCUT2D eigenvalue weighted by atomic mass is 127. The molecule has 0 amide bonds. The lowest BCUT2D eigenvalue weighted by molar-refractivity contribution is 0.191. The van der Waals surface area contributed by atoms with E-state index in [1.807, 2.05) is 16.8 Å². The Morgan fingerprint density at radius 3 is 2.72 bits per heavy atom. The van der Waals surface area contributed by atoms with Crippen molar-refractivity contribution in [1.29, 1.82) is 0 Å². The van der Waals surface area contributed by atoms with Crippen LogP contribution in [-0.4, -0.2) is 28.5 Å². The molecule has 1 aromatic heterocycles. The Hall–Kier alpha value is -0.950. The van der Waals surface area contributed by atoms with Gasteiger partial charge in [0.1, 0.15) is 6.33 Å². The van der Waals surface area contributed by atoms with Gasteiger partial charge in [-0.05, 0) is 47.6 Å². The fourth-order valence-electron chi connectivity index (χ4n) is 1.65. The van der Waals surface area contributed by atoms with Crippen LogP contribution in [0.5, 0.6) is 0 Å². The number of unbranched alkanes of at least 4 members (excludes halogenated alkanes) is 1. The van der Waals surface area contributed by atoms with Crippen LogP contribution < -0.4 is 0 Å². The normalized spacial score (nSPS) is 10.8. The first-order chi connectivity index (χ1) is 8.79. The summed E-state index contributed by atoms with van der Waals surface area (Å²) in [7, 11) is 1.73. The molecule has 5 heteroatoms. The minimum Gasteiger partial charge on any atom is -0.385 e. The van der Waals surface area contributed by atoms with Gasteiger partial charge in [0, 0.05) is 29.4 Å². The number of aryl methyl sites for hydroxylation is 1. The van der Waals surface area contributed by atoms with Crippen molar-refractivity contribution < 1.29 is 4.74 Å². The van der Waals surface area contributed by atoms with E-state index in [1.54, 1.807) is 13.4 Å². The maximum atomic E-state index is 5.02. The van der Waals surface area contributed by atoms with E-state index in [0.717, 1.165) is 37.4 Å². The monoisotopic (exact) mass is 357 g/mol. The van der Waals surface area contributed by atoms with Crippen molar-refractivity contribution in [1.82, 2.24) is 14.8 Å². The molecule has 4 nitrogen and oxygen atoms in total. The summed E-state index contributed by atoms with van der Waals surface area (Å²) in [5, 5.41) is 4.47. The quantitative estimate of drug-likeness (QED) is 0.590. The minimum absolute atomic E-state index is 0.790. The molecule has 1 heterocycles. The number of ether oxygens (including phenoxy) is 1. The van der Waals surface area contributed by atoms with Gasteiger partial charge in [-0.2, -0.15) is 5.10 Å². The summed E-state index contributed by atoms with van der Waals surface area (Å²) in [4.78, 5) is 4.33. The van der Waals surface area contributed by atoms with Crippen LogP contribution in [0.4, 0.5) is 0 Å². The van der Waals surface area contributed by atoms with Gasteiger partial charge in [0.05, 0.1) is 0 Å². The maximum Gasteiger partial charge on any atom is 0.181 e. The van der Waals surface area contributed by atoms with Crippen molar-refractivity contribution in [2.24, 2.45) is 0 Å². The van der Waals surface area contributed by atoms with Crippen molar-refractivity contribution in [2.45, 2.75) is 19.4 Å². The highest BCUT2D eigenvalue weighted by Crippen LogP contribution is 2.16. The highest BCUT2D eigenvalue weighted by Gasteiger charge is 2.03. The molecule has 0 atom stereocenters. The first-order valence-electron chi connectivity index (χ1n) is 5.94. The fourth-order valence-corrected chi connectivity index (χ4v) is 2.01. The first kappa shape index (κ1) is 13.5. The molecule has 0 saturated heterocycles. The molecule has 0 radical (unpaired) electrons. The molecular formula is C13H16IN3O. The van der Waals surface area contributed by atoms with Crippen LogP contribution in [0.25, 0.3) is 11.4 Å². The second-order valence-corrected chi connectivity index (χ2v) is 5.28. The number of nitrogens with zero attached hydrogens (tertiary/aromatic N) is 3. The van der Waals surface area contributed by atoms with E-state index in [9.17, 15) is 0 Å². The van der Waals surface area contributed by atoms with Gasteiger partial charge in [-0.3, -0.25) is 4.68 Å². The minimum atomic E-state index is 0.790. The highest BCUT2D eigenvalue weighted by molar-refractivity contribution is 14.1. The molecule has 0 bridgehead atoms. The summed E-state index contributed by atoms with van der Waals surface area (Å²) in [5.41, 5.74) is 1.06. The summed E-state index contributed by atoms with van der Waals surface area (Å²) < 4.78 is 8.13. The van der Waals surface area contributed by atoms with Crippen LogP contribution >= 0.6 is 22.6 Å². The lowest BCUT2D eigenvalue weighted by Gasteiger charge is -2.00. The van der Waals surface area contributed by atoms with Gasteiger partial charge in [-0.1, -0.05) is 12.1 Å². The SMILES string of the molecule is COCCCCn1cnc(-c2ccc(I)cc2)n1. The van der Waals surface area contributed by atoms with E-state index in [2.05, 4.69) is 44.8 Å². The van der Waals surface area contributed by atoms with Crippen molar-refractivity contribution in [3.05, 3.63) is 34.2 Å². The van der Waals surface area contributed by atoms with Gasteiger partial charge in [0.25, 0.3) is 0 Å². The van der Waals surface area contributed by atoms with Gasteiger partial charge >= 0.3 is 0 Å². The number of methoxy groups -OCH3 is 1. The van der Waals surface area contributed by atoms with E-state index in [-0.39, 0.29) is 0 Å². The van der Waals surface area contributed by atoms with Crippen molar-refractivity contribution in [3.63, 3.8) is 0 Å². The van der Waals surface area contributed by atoms with E-state index in [1.165, 1.54) is 3.57 Å². The molecule has 2 rings (SSSR count). The number of rotatable bonds is 6. The Labute approximate surface area is 121 Å². The average molecular weight is 357 g/mol. The molecule has 0 spiro atoms. The molecule has 0 unspecified atom stereocenters. The second-order valence-electron chi connectivity index (χ2n) is 4.04. The third-order valence-electron chi connectivity index (χ3n) is 2.62. The Bertz CT molecular complexity index is 481. The Morgan fingerprint density at radius 1 is 1.22 bits per heavy atom. The zero-order valence-corrected chi connectivity index (χ0v) is 12.5. The number of benzene rings is 1. The summed E-state index contributed by atoms with van der Waals surface area (Å²) in [6, 6.07) is 8.23. The van der Waals surface area contributed by atoms with Gasteiger partial charge in [0.15, 0.2) is 5.82 Å². The predicted octanol–water partition coefficient (Wildman–Crippen LogP) is 2.98. The zero-order chi connectivity index (χ0) is 12.8. The molecule has 0 aliphatic carbocycles. The summed E-state index contributed by atoms with van der Waals surface area (Å²) in [6.07, 6.45) is 3.90. The Balaban J connectivity index is 1.95. The van der Waals surface area contributed by atoms with Gasteiger partial charge < -0.3 is 4.74 Å². The lowest BCUT2D eigenvalue weighted by atomic mass is 10.2. The van der Waals surface area contributed by atoms with Crippen molar-refractivity contribution in [3.8, 4) is 11.4 Å². The van der Waals surface area contributed by atoms with E-state index in [4.69, 9.17) is 4.74 Å². The number of hydrogen-bond donors (Lipinski definition) is 0. The molecule has 0 aliphatic heterocycles. The van der Waals surface area contributed by atoms with Crippen LogP contribution in [0.1, 0.15) is 12.8 Å². The van der Waals surface area contributed by atoms with Gasteiger partial charge in [-0.15, -0.1) is 0 Å². The van der Waals surface area contributed by atoms with Crippen LogP contribution in [-0.2, 0) is 11.3 Å². The van der Waals surface area contributed by atoms with E-state index >= 15 is 0 Å². The molecule has 96 valence electrons. The number of aromatic nitrogens is 3. The fraction of sp³-hybridized carbons (Fsp3) is 0.385. The van der Waals surface area contributed by atoms with Crippen LogP contribution in [0.3, 0.4) is 0 Å². The molecular weight excluding hydrogens is 341 g/mol. The molecule has 18 heavy (non-hydrogen) atoms. The lowest BCUT2D eigenvalue weighted by Crippen LogP contribution is -2.00. The standard InChI is InChI=1S/C13H16IN3O/c1-18-9-3-2-8-17-10-15-13(16-17)11-4-6-12(14)7-5-11/h4-7,10H,2-3,8-9H2,1H3. The van der Waals surface area contributed by atoms with Crippen molar-refractivity contribution in [2.75, 3.05) is 13.7 Å². The van der Waals surface area contributed by atoms with Gasteiger partial charge in [0.2, 0.25) is 0 Å². The van der Waals surface area contributed by atoms with Crippen LogP contribution in [0, 0.1) is 3.57 Å². The van der Waals surface area contributed by atoms with E-state index in [0.29, 0.717) is 0 Å². The van der Waals surface area contributed by atoms with E-state index < -0.39 is 0 Å². The second kappa shape index (κ2) is 6.84. The summed E-state index contributed by atoms with van der Waals surface area (Å²) >= 11 is 2.29. The molecule has 2 aromatic rings. The first-order valence-corrected chi connectivity index (χ1v) is 7.02. The molecule has 0 fully saturated rings. The molecule has 1 aromatic carbocycles. The Kier molecular flexibility index (Phi) is 5.12. The number of hydrogen-bond acceptors (Lipinski definition) is 3. The smallest absolute Gasteiger partial charge is 0.181 e. The third-order valence-corrected chi connectivity index (χ3v) is 3.34. The van der Waals surface area contributed by atoms with Crippen LogP contribution in [0.15, 0.2) is 30.6 Å². The van der Waals surface area contributed by atoms with Crippen LogP contribution in [0.2, 0.25) is 0 Å². The number of halogens is 1. The molecule has 0 N–H and O–H groups in total. The largest absolute Gasteiger partial charge is 0.385 e. The molecule has 0 saturated carbocycles. The third kappa shape index (κ3) is 3.78. The summed E-state index contributed by atoms with van der Waals surface area (Å²) in [5.74, 6) is 0.790. The predicted molar refractivity (Wildman–Crippen MR) is 79.3 cm³/mol. The molecule has 0 aliphatic rings. The average Bonchev–Trinajstić information content (AvgIpc) is 2.84.